The summed E-state index contributed by atoms with van der Waals surface area (Å²) < 4.78 is 1.30. The van der Waals surface area contributed by atoms with E-state index in [0.29, 0.717) is 10.0 Å². The summed E-state index contributed by atoms with van der Waals surface area (Å²) >= 11 is 6.53. The predicted octanol–water partition coefficient (Wildman–Crippen LogP) is 2.71. The van der Waals surface area contributed by atoms with E-state index < -0.39 is 5.91 Å². The zero-order chi connectivity index (χ0) is 14.7. The molecule has 0 fully saturated rings. The van der Waals surface area contributed by atoms with Gasteiger partial charge in [-0.15, -0.1) is 0 Å². The standard InChI is InChI=1S/C12H10Br2N4O2/c1-6-2-10(17-16-6)12(20)18-15-5-7-3-11(19)9(14)4-8(7)13/h2-5,19H,1H3,(H,16,17)(H,18,20). The molecular formula is C12H10Br2N4O2. The maximum Gasteiger partial charge on any atom is 0.291 e. The second-order valence-corrected chi connectivity index (χ2v) is 5.67. The number of carbonyl (C=O) groups excluding carboxylic acids is 1. The molecule has 20 heavy (non-hydrogen) atoms. The molecule has 3 N–H and O–H groups in total. The summed E-state index contributed by atoms with van der Waals surface area (Å²) in [6, 6.07) is 4.82. The molecule has 0 aliphatic carbocycles. The first-order chi connectivity index (χ1) is 9.47. The third-order valence-corrected chi connectivity index (χ3v) is 3.70. The third kappa shape index (κ3) is 3.45. The molecule has 0 unspecified atom stereocenters. The highest BCUT2D eigenvalue weighted by Crippen LogP contribution is 2.29. The number of halogens is 2. The number of benzene rings is 1. The minimum absolute atomic E-state index is 0.0869. The lowest BCUT2D eigenvalue weighted by Crippen LogP contribution is -2.18. The van der Waals surface area contributed by atoms with E-state index in [4.69, 9.17) is 0 Å². The Kier molecular flexibility index (Phi) is 4.56. The van der Waals surface area contributed by atoms with Crippen LogP contribution in [0.4, 0.5) is 0 Å². The number of hydrazone groups is 1. The van der Waals surface area contributed by atoms with Crippen molar-refractivity contribution in [2.24, 2.45) is 5.10 Å². The van der Waals surface area contributed by atoms with Gasteiger partial charge in [0.05, 0.1) is 10.7 Å². The first-order valence-corrected chi connectivity index (χ1v) is 7.09. The molecule has 0 aliphatic rings. The van der Waals surface area contributed by atoms with E-state index in [9.17, 15) is 9.90 Å². The molecule has 0 spiro atoms. The van der Waals surface area contributed by atoms with Gasteiger partial charge in [0, 0.05) is 15.7 Å². The summed E-state index contributed by atoms with van der Waals surface area (Å²) in [5.41, 5.74) is 4.04. The van der Waals surface area contributed by atoms with E-state index in [1.807, 2.05) is 0 Å². The highest BCUT2D eigenvalue weighted by molar-refractivity contribution is 9.11. The second kappa shape index (κ2) is 6.19. The topological polar surface area (TPSA) is 90.4 Å². The molecule has 8 heteroatoms. The number of hydrogen-bond acceptors (Lipinski definition) is 4. The van der Waals surface area contributed by atoms with Crippen LogP contribution in [0.5, 0.6) is 5.75 Å². The van der Waals surface area contributed by atoms with Crippen LogP contribution in [0.25, 0.3) is 0 Å². The Hall–Kier alpha value is -1.67. The number of aromatic nitrogens is 2. The fourth-order valence-electron chi connectivity index (χ4n) is 1.40. The number of carbonyl (C=O) groups is 1. The first kappa shape index (κ1) is 14.7. The molecule has 1 amide bonds. The van der Waals surface area contributed by atoms with Crippen LogP contribution in [0.2, 0.25) is 0 Å². The molecule has 0 aliphatic heterocycles. The number of aryl methyl sites for hydroxylation is 1. The van der Waals surface area contributed by atoms with Gasteiger partial charge >= 0.3 is 0 Å². The lowest BCUT2D eigenvalue weighted by Gasteiger charge is -2.02. The van der Waals surface area contributed by atoms with Gasteiger partial charge in [0.1, 0.15) is 5.75 Å². The number of aromatic amines is 1. The van der Waals surface area contributed by atoms with Crippen molar-refractivity contribution in [2.45, 2.75) is 6.92 Å². The van der Waals surface area contributed by atoms with Gasteiger partial charge in [-0.2, -0.15) is 10.2 Å². The lowest BCUT2D eigenvalue weighted by molar-refractivity contribution is 0.0950. The van der Waals surface area contributed by atoms with Crippen molar-refractivity contribution in [3.05, 3.63) is 44.1 Å². The molecule has 104 valence electrons. The van der Waals surface area contributed by atoms with Gasteiger partial charge in [0.2, 0.25) is 0 Å². The van der Waals surface area contributed by atoms with Crippen LogP contribution < -0.4 is 5.43 Å². The highest BCUT2D eigenvalue weighted by atomic mass is 79.9. The van der Waals surface area contributed by atoms with Crippen LogP contribution in [0.3, 0.4) is 0 Å². The highest BCUT2D eigenvalue weighted by Gasteiger charge is 2.08. The van der Waals surface area contributed by atoms with Crippen molar-refractivity contribution in [1.29, 1.82) is 0 Å². The van der Waals surface area contributed by atoms with Gasteiger partial charge in [-0.05, 0) is 41.1 Å². The van der Waals surface area contributed by atoms with E-state index in [-0.39, 0.29) is 11.4 Å². The molecule has 0 saturated heterocycles. The van der Waals surface area contributed by atoms with Crippen LogP contribution >= 0.6 is 31.9 Å². The molecule has 1 aromatic heterocycles. The van der Waals surface area contributed by atoms with Crippen molar-refractivity contribution in [3.63, 3.8) is 0 Å². The maximum absolute atomic E-state index is 11.7. The molecule has 1 aromatic carbocycles. The fraction of sp³-hybridized carbons (Fsp3) is 0.0833. The van der Waals surface area contributed by atoms with Crippen molar-refractivity contribution < 1.29 is 9.90 Å². The zero-order valence-electron chi connectivity index (χ0n) is 10.3. The molecular weight excluding hydrogens is 392 g/mol. The van der Waals surface area contributed by atoms with Crippen LogP contribution in [0, 0.1) is 6.92 Å². The summed E-state index contributed by atoms with van der Waals surface area (Å²) in [6.07, 6.45) is 1.42. The van der Waals surface area contributed by atoms with E-state index in [2.05, 4.69) is 52.6 Å². The van der Waals surface area contributed by atoms with Gasteiger partial charge in [-0.3, -0.25) is 9.89 Å². The van der Waals surface area contributed by atoms with Gasteiger partial charge in [-0.1, -0.05) is 15.9 Å². The quantitative estimate of drug-likeness (QED) is 0.545. The Bertz CT molecular complexity index is 682. The molecule has 2 rings (SSSR count). The van der Waals surface area contributed by atoms with Crippen molar-refractivity contribution in [3.8, 4) is 5.75 Å². The smallest absolute Gasteiger partial charge is 0.291 e. The minimum Gasteiger partial charge on any atom is -0.507 e. The minimum atomic E-state index is -0.414. The number of aromatic hydroxyl groups is 1. The Morgan fingerprint density at radius 2 is 2.15 bits per heavy atom. The number of rotatable bonds is 3. The van der Waals surface area contributed by atoms with E-state index in [1.54, 1.807) is 19.1 Å². The number of nitrogens with zero attached hydrogens (tertiary/aromatic N) is 2. The van der Waals surface area contributed by atoms with Crippen molar-refractivity contribution in [1.82, 2.24) is 15.6 Å². The molecule has 6 nitrogen and oxygen atoms in total. The van der Waals surface area contributed by atoms with E-state index >= 15 is 0 Å². The van der Waals surface area contributed by atoms with Crippen LogP contribution in [0.1, 0.15) is 21.7 Å². The average Bonchev–Trinajstić information content (AvgIpc) is 2.82. The SMILES string of the molecule is Cc1cc(C(=O)NN=Cc2cc(O)c(Br)cc2Br)n[nH]1. The summed E-state index contributed by atoms with van der Waals surface area (Å²) in [5.74, 6) is -0.327. The van der Waals surface area contributed by atoms with Crippen LogP contribution in [0.15, 0.2) is 32.2 Å². The molecule has 0 bridgehead atoms. The molecule has 1 heterocycles. The molecule has 0 saturated carbocycles. The predicted molar refractivity (Wildman–Crippen MR) is 81.9 cm³/mol. The Morgan fingerprint density at radius 3 is 2.80 bits per heavy atom. The number of phenolic OH excluding ortho intramolecular Hbond substituents is 1. The number of hydrogen-bond donors (Lipinski definition) is 3. The Morgan fingerprint density at radius 1 is 1.40 bits per heavy atom. The Labute approximate surface area is 131 Å². The van der Waals surface area contributed by atoms with Crippen LogP contribution in [-0.4, -0.2) is 27.4 Å². The van der Waals surface area contributed by atoms with Crippen LogP contribution in [-0.2, 0) is 0 Å². The van der Waals surface area contributed by atoms with E-state index in [0.717, 1.165) is 10.2 Å². The summed E-state index contributed by atoms with van der Waals surface area (Å²) in [5, 5.41) is 19.9. The largest absolute Gasteiger partial charge is 0.507 e. The van der Waals surface area contributed by atoms with E-state index in [1.165, 1.54) is 12.3 Å². The maximum atomic E-state index is 11.7. The number of phenols is 1. The summed E-state index contributed by atoms with van der Waals surface area (Å²) in [7, 11) is 0. The van der Waals surface area contributed by atoms with Gasteiger partial charge < -0.3 is 5.11 Å². The second-order valence-electron chi connectivity index (χ2n) is 3.96. The summed E-state index contributed by atoms with van der Waals surface area (Å²) in [4.78, 5) is 11.7. The van der Waals surface area contributed by atoms with Crippen molar-refractivity contribution >= 4 is 44.0 Å². The third-order valence-electron chi connectivity index (χ3n) is 2.37. The van der Waals surface area contributed by atoms with Gasteiger partial charge in [-0.25, -0.2) is 5.43 Å². The van der Waals surface area contributed by atoms with Gasteiger partial charge in [0.15, 0.2) is 5.69 Å². The average molecular weight is 402 g/mol. The normalized spacial score (nSPS) is 10.9. The Balaban J connectivity index is 2.07. The van der Waals surface area contributed by atoms with Gasteiger partial charge in [0.25, 0.3) is 5.91 Å². The number of H-pyrrole nitrogens is 1. The lowest BCUT2D eigenvalue weighted by atomic mass is 10.2. The summed E-state index contributed by atoms with van der Waals surface area (Å²) in [6.45, 7) is 1.80. The fourth-order valence-corrected chi connectivity index (χ4v) is 2.50. The first-order valence-electron chi connectivity index (χ1n) is 5.51. The number of nitrogens with one attached hydrogen (secondary N) is 2. The molecule has 0 radical (unpaired) electrons. The zero-order valence-corrected chi connectivity index (χ0v) is 13.5. The monoisotopic (exact) mass is 400 g/mol. The molecule has 0 atom stereocenters. The van der Waals surface area contributed by atoms with Crippen molar-refractivity contribution in [2.75, 3.05) is 0 Å². The number of amides is 1. The molecule has 2 aromatic rings.